The van der Waals surface area contributed by atoms with Gasteiger partial charge in [0, 0.05) is 0 Å². The summed E-state index contributed by atoms with van der Waals surface area (Å²) in [6.07, 6.45) is 0. The lowest BCUT2D eigenvalue weighted by atomic mass is 10.1. The van der Waals surface area contributed by atoms with E-state index in [1.54, 1.807) is 30.3 Å². The van der Waals surface area contributed by atoms with E-state index in [-0.39, 0.29) is 33.3 Å². The molecule has 152 valence electrons. The van der Waals surface area contributed by atoms with Crippen LogP contribution in [-0.2, 0) is 9.84 Å². The summed E-state index contributed by atoms with van der Waals surface area (Å²) in [5.41, 5.74) is 1.02. The summed E-state index contributed by atoms with van der Waals surface area (Å²) >= 11 is 0. The first kappa shape index (κ1) is 19.8. The number of anilines is 1. The van der Waals surface area contributed by atoms with Gasteiger partial charge in [-0.05, 0) is 36.8 Å². The smallest absolute Gasteiger partial charge is 0.234 e. The summed E-state index contributed by atoms with van der Waals surface area (Å²) in [5.74, 6) is -0.691. The third-order valence-corrected chi connectivity index (χ3v) is 6.33. The number of nitrogens with zero attached hydrogens (tertiary/aromatic N) is 1. The van der Waals surface area contributed by atoms with Crippen LogP contribution in [0, 0.1) is 5.82 Å². The van der Waals surface area contributed by atoms with Crippen LogP contribution in [-0.4, -0.2) is 13.4 Å². The molecule has 1 N–H and O–H groups in total. The lowest BCUT2D eigenvalue weighted by molar-refractivity contribution is 0.561. The molecule has 0 amide bonds. The van der Waals surface area contributed by atoms with Gasteiger partial charge >= 0.3 is 0 Å². The first-order chi connectivity index (χ1) is 14.5. The predicted octanol–water partition coefficient (Wildman–Crippen LogP) is 5.49. The van der Waals surface area contributed by atoms with Crippen LogP contribution in [0.2, 0.25) is 0 Å². The lowest BCUT2D eigenvalue weighted by Crippen LogP contribution is -2.10. The summed E-state index contributed by atoms with van der Waals surface area (Å²) in [7, 11) is -3.99. The fraction of sp³-hybridized carbons (Fsp3) is 0.0870. The summed E-state index contributed by atoms with van der Waals surface area (Å²) in [4.78, 5) is 4.26. The van der Waals surface area contributed by atoms with Crippen LogP contribution in [0.15, 0.2) is 99.3 Å². The Balaban J connectivity index is 1.82. The zero-order chi connectivity index (χ0) is 21.1. The average Bonchev–Trinajstić information content (AvgIpc) is 3.19. The third-order valence-electron chi connectivity index (χ3n) is 4.66. The molecule has 1 atom stereocenters. The van der Waals surface area contributed by atoms with Gasteiger partial charge in [-0.3, -0.25) is 0 Å². The van der Waals surface area contributed by atoms with Crippen molar-refractivity contribution < 1.29 is 17.2 Å². The number of hydrogen-bond acceptors (Lipinski definition) is 5. The fourth-order valence-electron chi connectivity index (χ4n) is 3.06. The minimum absolute atomic E-state index is 0.0338. The minimum atomic E-state index is -3.99. The molecule has 4 rings (SSSR count). The highest BCUT2D eigenvalue weighted by Crippen LogP contribution is 2.35. The quantitative estimate of drug-likeness (QED) is 0.445. The van der Waals surface area contributed by atoms with E-state index in [1.165, 1.54) is 24.3 Å². The van der Waals surface area contributed by atoms with E-state index in [9.17, 15) is 12.8 Å². The molecule has 0 bridgehead atoms. The molecule has 30 heavy (non-hydrogen) atoms. The lowest BCUT2D eigenvalue weighted by Gasteiger charge is -2.14. The molecule has 7 heteroatoms. The molecule has 0 aliphatic heterocycles. The molecule has 4 aromatic rings. The second-order valence-electron chi connectivity index (χ2n) is 6.73. The molecule has 0 radical (unpaired) electrons. The van der Waals surface area contributed by atoms with Crippen molar-refractivity contribution in [2.24, 2.45) is 0 Å². The van der Waals surface area contributed by atoms with E-state index in [4.69, 9.17) is 4.42 Å². The number of sulfone groups is 1. The monoisotopic (exact) mass is 422 g/mol. The molecule has 0 saturated carbocycles. The zero-order valence-corrected chi connectivity index (χ0v) is 16.9. The Hall–Kier alpha value is -3.45. The predicted molar refractivity (Wildman–Crippen MR) is 112 cm³/mol. The molecular weight excluding hydrogens is 403 g/mol. The maximum absolute atomic E-state index is 14.3. The number of benzene rings is 3. The highest BCUT2D eigenvalue weighted by molar-refractivity contribution is 7.91. The van der Waals surface area contributed by atoms with Gasteiger partial charge in [0.2, 0.25) is 26.6 Å². The molecular formula is C23H19FN2O3S. The van der Waals surface area contributed by atoms with Crippen LogP contribution in [0.1, 0.15) is 18.5 Å². The number of hydrogen-bond donors (Lipinski definition) is 1. The van der Waals surface area contributed by atoms with Gasteiger partial charge in [0.05, 0.1) is 16.5 Å². The molecule has 0 saturated heterocycles. The van der Waals surface area contributed by atoms with Crippen molar-refractivity contribution in [1.29, 1.82) is 0 Å². The molecule has 3 aromatic carbocycles. The molecule has 0 aliphatic rings. The number of oxazole rings is 1. The van der Waals surface area contributed by atoms with Crippen LogP contribution in [0.5, 0.6) is 0 Å². The Labute approximate surface area is 174 Å². The number of halogens is 1. The molecule has 0 fully saturated rings. The van der Waals surface area contributed by atoms with Crippen molar-refractivity contribution >= 4 is 15.7 Å². The Kier molecular flexibility index (Phi) is 5.37. The number of aromatic nitrogens is 1. The van der Waals surface area contributed by atoms with E-state index in [0.717, 1.165) is 5.56 Å². The molecule has 1 heterocycles. The third kappa shape index (κ3) is 3.84. The van der Waals surface area contributed by atoms with Gasteiger partial charge in [0.25, 0.3) is 0 Å². The maximum Gasteiger partial charge on any atom is 0.234 e. The zero-order valence-electron chi connectivity index (χ0n) is 16.1. The summed E-state index contributed by atoms with van der Waals surface area (Å²) in [6.45, 7) is 1.87. The van der Waals surface area contributed by atoms with Gasteiger partial charge in [-0.1, -0.05) is 60.7 Å². The van der Waals surface area contributed by atoms with Gasteiger partial charge in [0.1, 0.15) is 5.82 Å². The Morgan fingerprint density at radius 1 is 0.900 bits per heavy atom. The molecule has 1 unspecified atom stereocenters. The second kappa shape index (κ2) is 8.12. The Morgan fingerprint density at radius 3 is 2.17 bits per heavy atom. The van der Waals surface area contributed by atoms with Crippen LogP contribution in [0.3, 0.4) is 0 Å². The minimum Gasteiger partial charge on any atom is -0.419 e. The van der Waals surface area contributed by atoms with Crippen LogP contribution in [0.25, 0.3) is 11.5 Å². The number of nitrogens with one attached hydrogen (secondary N) is 1. The first-order valence-corrected chi connectivity index (χ1v) is 10.8. The van der Waals surface area contributed by atoms with Crippen LogP contribution in [0.4, 0.5) is 10.3 Å². The summed E-state index contributed by atoms with van der Waals surface area (Å²) in [5, 5.41) is 2.80. The highest BCUT2D eigenvalue weighted by atomic mass is 32.2. The molecule has 5 nitrogen and oxygen atoms in total. The normalized spacial score (nSPS) is 12.5. The van der Waals surface area contributed by atoms with Gasteiger partial charge < -0.3 is 9.73 Å². The van der Waals surface area contributed by atoms with Gasteiger partial charge in [-0.2, -0.15) is 4.98 Å². The Morgan fingerprint density at radius 2 is 1.50 bits per heavy atom. The second-order valence-corrected chi connectivity index (χ2v) is 8.59. The van der Waals surface area contributed by atoms with Crippen LogP contribution >= 0.6 is 0 Å². The summed E-state index contributed by atoms with van der Waals surface area (Å²) in [6, 6.07) is 23.1. The SMILES string of the molecule is CC(Nc1oc(-c2ccccc2F)nc1S(=O)(=O)c1ccccc1)c1ccccc1. The average molecular weight is 422 g/mol. The standard InChI is InChI=1S/C23H19FN2O3S/c1-16(17-10-4-2-5-11-17)25-22-23(30(27,28)18-12-6-3-7-13-18)26-21(29-22)19-14-8-9-15-20(19)24/h2-16,25H,1H3. The summed E-state index contributed by atoms with van der Waals surface area (Å²) < 4.78 is 46.5. The largest absolute Gasteiger partial charge is 0.419 e. The Bertz CT molecular complexity index is 1260. The highest BCUT2D eigenvalue weighted by Gasteiger charge is 2.29. The number of rotatable bonds is 6. The van der Waals surface area contributed by atoms with Crippen molar-refractivity contribution in [3.8, 4) is 11.5 Å². The molecule has 0 spiro atoms. The van der Waals surface area contributed by atoms with Crippen LogP contribution < -0.4 is 5.32 Å². The van der Waals surface area contributed by atoms with Gasteiger partial charge in [-0.15, -0.1) is 0 Å². The molecule has 1 aromatic heterocycles. The fourth-order valence-corrected chi connectivity index (χ4v) is 4.35. The van der Waals surface area contributed by atoms with E-state index < -0.39 is 15.7 Å². The topological polar surface area (TPSA) is 72.2 Å². The van der Waals surface area contributed by atoms with E-state index in [1.807, 2.05) is 37.3 Å². The van der Waals surface area contributed by atoms with Gasteiger partial charge in [-0.25, -0.2) is 12.8 Å². The first-order valence-electron chi connectivity index (χ1n) is 9.34. The van der Waals surface area contributed by atoms with E-state index >= 15 is 0 Å². The van der Waals surface area contributed by atoms with Crippen molar-refractivity contribution in [1.82, 2.24) is 4.98 Å². The van der Waals surface area contributed by atoms with E-state index in [0.29, 0.717) is 0 Å². The van der Waals surface area contributed by atoms with E-state index in [2.05, 4.69) is 10.3 Å². The molecule has 0 aliphatic carbocycles. The van der Waals surface area contributed by atoms with Crippen molar-refractivity contribution in [2.45, 2.75) is 22.9 Å². The van der Waals surface area contributed by atoms with Crippen molar-refractivity contribution in [2.75, 3.05) is 5.32 Å². The van der Waals surface area contributed by atoms with Crippen molar-refractivity contribution in [3.63, 3.8) is 0 Å². The maximum atomic E-state index is 14.3. The van der Waals surface area contributed by atoms with Gasteiger partial charge in [0.15, 0.2) is 0 Å². The van der Waals surface area contributed by atoms with Crippen molar-refractivity contribution in [3.05, 3.63) is 96.3 Å².